The van der Waals surface area contributed by atoms with Gasteiger partial charge in [-0.15, -0.1) is 0 Å². The number of aromatic amines is 1. The Balaban J connectivity index is 1.65. The van der Waals surface area contributed by atoms with Crippen molar-refractivity contribution in [3.63, 3.8) is 0 Å². The molecule has 0 amide bonds. The average molecular weight is 334 g/mol. The highest BCUT2D eigenvalue weighted by atomic mass is 32.2. The van der Waals surface area contributed by atoms with Crippen molar-refractivity contribution in [1.29, 1.82) is 0 Å². The summed E-state index contributed by atoms with van der Waals surface area (Å²) in [5.41, 5.74) is 2.29. The number of nitrogens with zero attached hydrogens (tertiary/aromatic N) is 3. The normalized spacial score (nSPS) is 11.1. The number of hydrogen-bond donors (Lipinski definition) is 1. The SMILES string of the molecule is Cc1[nH]cnc1CSCCn1ccnc1-c1cccc(F)c1F. The van der Waals surface area contributed by atoms with E-state index in [1.807, 2.05) is 11.5 Å². The maximum absolute atomic E-state index is 13.9. The summed E-state index contributed by atoms with van der Waals surface area (Å²) in [6, 6.07) is 4.13. The molecule has 4 nitrogen and oxygen atoms in total. The molecule has 1 aromatic carbocycles. The van der Waals surface area contributed by atoms with Crippen molar-refractivity contribution in [2.45, 2.75) is 19.2 Å². The Morgan fingerprint density at radius 2 is 2.13 bits per heavy atom. The smallest absolute Gasteiger partial charge is 0.169 e. The molecule has 3 rings (SSSR count). The zero-order valence-corrected chi connectivity index (χ0v) is 13.4. The van der Waals surface area contributed by atoms with Crippen LogP contribution in [0.1, 0.15) is 11.4 Å². The van der Waals surface area contributed by atoms with Gasteiger partial charge in [0.2, 0.25) is 0 Å². The number of aromatic nitrogens is 4. The van der Waals surface area contributed by atoms with Gasteiger partial charge in [-0.05, 0) is 19.1 Å². The fourth-order valence-electron chi connectivity index (χ4n) is 2.27. The van der Waals surface area contributed by atoms with Crippen LogP contribution in [0.15, 0.2) is 36.9 Å². The van der Waals surface area contributed by atoms with Crippen molar-refractivity contribution in [3.05, 3.63) is 59.9 Å². The van der Waals surface area contributed by atoms with Crippen molar-refractivity contribution in [3.8, 4) is 11.4 Å². The molecule has 0 aliphatic rings. The second-order valence-electron chi connectivity index (χ2n) is 5.07. The van der Waals surface area contributed by atoms with Crippen molar-refractivity contribution in [1.82, 2.24) is 19.5 Å². The van der Waals surface area contributed by atoms with Crippen molar-refractivity contribution in [2.24, 2.45) is 0 Å². The lowest BCUT2D eigenvalue weighted by molar-refractivity contribution is 0.510. The van der Waals surface area contributed by atoms with E-state index >= 15 is 0 Å². The van der Waals surface area contributed by atoms with Crippen LogP contribution in [0.4, 0.5) is 8.78 Å². The summed E-state index contributed by atoms with van der Waals surface area (Å²) in [6.07, 6.45) is 5.06. The molecule has 0 spiro atoms. The van der Waals surface area contributed by atoms with Gasteiger partial charge in [-0.25, -0.2) is 18.7 Å². The largest absolute Gasteiger partial charge is 0.348 e. The highest BCUT2D eigenvalue weighted by Gasteiger charge is 2.14. The van der Waals surface area contributed by atoms with Crippen LogP contribution in [-0.2, 0) is 12.3 Å². The lowest BCUT2D eigenvalue weighted by atomic mass is 10.2. The number of nitrogens with one attached hydrogen (secondary N) is 1. The molecule has 0 bridgehead atoms. The first-order valence-electron chi connectivity index (χ1n) is 7.19. The summed E-state index contributed by atoms with van der Waals surface area (Å²) in [5.74, 6) is 0.360. The first-order chi connectivity index (χ1) is 11.2. The predicted octanol–water partition coefficient (Wildman–Crippen LogP) is 3.79. The van der Waals surface area contributed by atoms with Crippen molar-refractivity contribution in [2.75, 3.05) is 5.75 Å². The van der Waals surface area contributed by atoms with E-state index < -0.39 is 11.6 Å². The van der Waals surface area contributed by atoms with Crippen LogP contribution in [0.25, 0.3) is 11.4 Å². The molecule has 0 fully saturated rings. The number of benzene rings is 1. The van der Waals surface area contributed by atoms with Gasteiger partial charge in [-0.2, -0.15) is 11.8 Å². The molecular weight excluding hydrogens is 318 g/mol. The number of imidazole rings is 2. The molecule has 0 saturated carbocycles. The van der Waals surface area contributed by atoms with Crippen molar-refractivity contribution >= 4 is 11.8 Å². The minimum Gasteiger partial charge on any atom is -0.348 e. The van der Waals surface area contributed by atoms with Gasteiger partial charge < -0.3 is 9.55 Å². The molecule has 0 aliphatic carbocycles. The summed E-state index contributed by atoms with van der Waals surface area (Å²) in [7, 11) is 0. The molecule has 23 heavy (non-hydrogen) atoms. The number of hydrogen-bond acceptors (Lipinski definition) is 3. The van der Waals surface area contributed by atoms with Gasteiger partial charge >= 0.3 is 0 Å². The maximum atomic E-state index is 13.9. The van der Waals surface area contributed by atoms with Gasteiger partial charge in [-0.3, -0.25) is 0 Å². The van der Waals surface area contributed by atoms with Crippen LogP contribution in [-0.4, -0.2) is 25.3 Å². The molecule has 0 aliphatic heterocycles. The number of rotatable bonds is 6. The second-order valence-corrected chi connectivity index (χ2v) is 6.18. The Bertz CT molecular complexity index is 797. The third-order valence-corrected chi connectivity index (χ3v) is 4.51. The van der Waals surface area contributed by atoms with E-state index in [4.69, 9.17) is 0 Å². The second kappa shape index (κ2) is 6.95. The monoisotopic (exact) mass is 334 g/mol. The fourth-order valence-corrected chi connectivity index (χ4v) is 3.23. The van der Waals surface area contributed by atoms with E-state index in [9.17, 15) is 8.78 Å². The zero-order valence-electron chi connectivity index (χ0n) is 12.6. The van der Waals surface area contributed by atoms with Gasteiger partial charge in [-0.1, -0.05) is 6.07 Å². The quantitative estimate of drug-likeness (QED) is 0.698. The molecule has 0 unspecified atom stereocenters. The summed E-state index contributed by atoms with van der Waals surface area (Å²) in [6.45, 7) is 2.66. The first kappa shape index (κ1) is 15.7. The number of aryl methyl sites for hydroxylation is 2. The molecule has 1 N–H and O–H groups in total. The Kier molecular flexibility index (Phi) is 4.76. The highest BCUT2D eigenvalue weighted by molar-refractivity contribution is 7.98. The standard InChI is InChI=1S/C16H16F2N4S/c1-11-14(21-10-20-11)9-23-8-7-22-6-5-19-16(22)12-3-2-4-13(17)15(12)18/h2-6,10H,7-9H2,1H3,(H,20,21). The molecule has 2 aromatic heterocycles. The van der Waals surface area contributed by atoms with Gasteiger partial charge in [0.1, 0.15) is 5.82 Å². The molecular formula is C16H16F2N4S. The molecule has 120 valence electrons. The van der Waals surface area contributed by atoms with E-state index in [0.717, 1.165) is 29.0 Å². The van der Waals surface area contributed by atoms with Crippen LogP contribution in [0.3, 0.4) is 0 Å². The van der Waals surface area contributed by atoms with E-state index in [1.54, 1.807) is 30.5 Å². The topological polar surface area (TPSA) is 46.5 Å². The van der Waals surface area contributed by atoms with E-state index in [-0.39, 0.29) is 5.56 Å². The Morgan fingerprint density at radius 3 is 2.91 bits per heavy atom. The maximum Gasteiger partial charge on any atom is 0.169 e. The van der Waals surface area contributed by atoms with E-state index in [2.05, 4.69) is 15.0 Å². The number of thioether (sulfide) groups is 1. The van der Waals surface area contributed by atoms with Gasteiger partial charge in [0.15, 0.2) is 11.6 Å². The van der Waals surface area contributed by atoms with Crippen LogP contribution in [0.5, 0.6) is 0 Å². The fraction of sp³-hybridized carbons (Fsp3) is 0.250. The van der Waals surface area contributed by atoms with Crippen LogP contribution < -0.4 is 0 Å². The summed E-state index contributed by atoms with van der Waals surface area (Å²) < 4.78 is 29.1. The Labute approximate surface area is 137 Å². The van der Waals surface area contributed by atoms with Crippen LogP contribution >= 0.6 is 11.8 Å². The third kappa shape index (κ3) is 3.44. The zero-order chi connectivity index (χ0) is 16.2. The van der Waals surface area contributed by atoms with Crippen LogP contribution in [0.2, 0.25) is 0 Å². The van der Waals surface area contributed by atoms with Gasteiger partial charge in [0.05, 0.1) is 17.6 Å². The summed E-state index contributed by atoms with van der Waals surface area (Å²) in [5, 5.41) is 0. The number of halogens is 2. The molecule has 7 heteroatoms. The first-order valence-corrected chi connectivity index (χ1v) is 8.34. The van der Waals surface area contributed by atoms with Gasteiger partial charge in [0, 0.05) is 36.1 Å². The van der Waals surface area contributed by atoms with Crippen LogP contribution in [0, 0.1) is 18.6 Å². The highest BCUT2D eigenvalue weighted by Crippen LogP contribution is 2.23. The summed E-state index contributed by atoms with van der Waals surface area (Å²) in [4.78, 5) is 11.5. The van der Waals surface area contributed by atoms with Gasteiger partial charge in [0.25, 0.3) is 0 Å². The number of H-pyrrole nitrogens is 1. The molecule has 2 heterocycles. The molecule has 0 radical (unpaired) electrons. The molecule has 3 aromatic rings. The van der Waals surface area contributed by atoms with E-state index in [0.29, 0.717) is 12.4 Å². The lowest BCUT2D eigenvalue weighted by Gasteiger charge is -2.09. The van der Waals surface area contributed by atoms with E-state index in [1.165, 1.54) is 12.1 Å². The Morgan fingerprint density at radius 1 is 1.26 bits per heavy atom. The van der Waals surface area contributed by atoms with Crippen molar-refractivity contribution < 1.29 is 8.78 Å². The molecule has 0 atom stereocenters. The summed E-state index contributed by atoms with van der Waals surface area (Å²) >= 11 is 1.74. The predicted molar refractivity (Wildman–Crippen MR) is 87.1 cm³/mol. The third-order valence-electron chi connectivity index (χ3n) is 3.56. The average Bonchev–Trinajstić information content (AvgIpc) is 3.16. The lowest BCUT2D eigenvalue weighted by Crippen LogP contribution is -2.04. The molecule has 0 saturated heterocycles. The Hall–Kier alpha value is -2.15. The minimum absolute atomic E-state index is 0.183. The minimum atomic E-state index is -0.861.